The number of rotatable bonds is 3. The highest BCUT2D eigenvalue weighted by atomic mass is 16.6. The van der Waals surface area contributed by atoms with Gasteiger partial charge in [0.05, 0.1) is 6.61 Å². The maximum atomic E-state index is 12.6. The number of benzene rings is 1. The zero-order chi connectivity index (χ0) is 18.0. The first-order valence-electron chi connectivity index (χ1n) is 9.09. The number of nitrogens with zero attached hydrogens (tertiary/aromatic N) is 1. The van der Waals surface area contributed by atoms with E-state index >= 15 is 0 Å². The van der Waals surface area contributed by atoms with E-state index in [1.807, 2.05) is 39.0 Å². The van der Waals surface area contributed by atoms with Crippen LogP contribution in [0.4, 0.5) is 4.79 Å². The van der Waals surface area contributed by atoms with E-state index in [0.29, 0.717) is 32.0 Å². The Kier molecular flexibility index (Phi) is 5.02. The Balaban J connectivity index is 1.50. The molecule has 1 fully saturated rings. The molecule has 136 valence electrons. The summed E-state index contributed by atoms with van der Waals surface area (Å²) in [5.74, 6) is 1.42. The summed E-state index contributed by atoms with van der Waals surface area (Å²) >= 11 is 0. The highest BCUT2D eigenvalue weighted by molar-refractivity contribution is 5.96. The number of ether oxygens (including phenoxy) is 2. The van der Waals surface area contributed by atoms with Crippen LogP contribution in [0.3, 0.4) is 0 Å². The fraction of sp³-hybridized carbons (Fsp3) is 0.600. The molecule has 3 rings (SSSR count). The largest absolute Gasteiger partial charge is 0.493 e. The second kappa shape index (κ2) is 7.06. The minimum Gasteiger partial charge on any atom is -0.493 e. The third kappa shape index (κ3) is 4.53. The van der Waals surface area contributed by atoms with Gasteiger partial charge in [-0.2, -0.15) is 0 Å². The standard InChI is InChI=1S/C20H27NO4/c1-20(2,3)25-19(23)21-9-6-14(7-10-21)12-17(22)15-4-5-18-16(13-15)8-11-24-18/h4-5,13-14H,6-12H2,1-3H3. The van der Waals surface area contributed by atoms with Gasteiger partial charge in [-0.15, -0.1) is 0 Å². The monoisotopic (exact) mass is 345 g/mol. The average Bonchev–Trinajstić information content (AvgIpc) is 3.01. The van der Waals surface area contributed by atoms with Crippen LogP contribution in [0.2, 0.25) is 0 Å². The molecular formula is C20H27NO4. The molecule has 2 heterocycles. The molecule has 0 saturated carbocycles. The van der Waals surface area contributed by atoms with Gasteiger partial charge in [-0.1, -0.05) is 0 Å². The molecule has 0 spiro atoms. The molecule has 0 bridgehead atoms. The van der Waals surface area contributed by atoms with Crippen molar-refractivity contribution in [2.75, 3.05) is 19.7 Å². The SMILES string of the molecule is CC(C)(C)OC(=O)N1CCC(CC(=O)c2ccc3c(c2)CCO3)CC1. The van der Waals surface area contributed by atoms with Crippen LogP contribution >= 0.6 is 0 Å². The molecule has 0 unspecified atom stereocenters. The van der Waals surface area contributed by atoms with Gasteiger partial charge < -0.3 is 14.4 Å². The number of Topliss-reactive ketones (excluding diaryl/α,β-unsaturated/α-hetero) is 1. The van der Waals surface area contributed by atoms with Gasteiger partial charge in [0.15, 0.2) is 5.78 Å². The topological polar surface area (TPSA) is 55.8 Å². The van der Waals surface area contributed by atoms with E-state index in [-0.39, 0.29) is 11.9 Å². The second-order valence-corrected chi connectivity index (χ2v) is 7.96. The van der Waals surface area contributed by atoms with Crippen molar-refractivity contribution in [3.63, 3.8) is 0 Å². The first-order valence-corrected chi connectivity index (χ1v) is 9.09. The quantitative estimate of drug-likeness (QED) is 0.781. The van der Waals surface area contributed by atoms with Crippen molar-refractivity contribution in [3.05, 3.63) is 29.3 Å². The van der Waals surface area contributed by atoms with Crippen molar-refractivity contribution in [3.8, 4) is 5.75 Å². The van der Waals surface area contributed by atoms with Crippen molar-refractivity contribution >= 4 is 11.9 Å². The number of carbonyl (C=O) groups excluding carboxylic acids is 2. The summed E-state index contributed by atoms with van der Waals surface area (Å²) in [4.78, 5) is 26.4. The summed E-state index contributed by atoms with van der Waals surface area (Å²) in [7, 11) is 0. The molecule has 2 aliphatic rings. The van der Waals surface area contributed by atoms with Gasteiger partial charge in [0.2, 0.25) is 0 Å². The molecule has 1 amide bonds. The molecule has 5 heteroatoms. The van der Waals surface area contributed by atoms with Crippen molar-refractivity contribution in [2.24, 2.45) is 5.92 Å². The summed E-state index contributed by atoms with van der Waals surface area (Å²) < 4.78 is 10.9. The number of fused-ring (bicyclic) bond motifs is 1. The van der Waals surface area contributed by atoms with E-state index in [4.69, 9.17) is 9.47 Å². The summed E-state index contributed by atoms with van der Waals surface area (Å²) in [6, 6.07) is 5.74. The van der Waals surface area contributed by atoms with E-state index < -0.39 is 5.60 Å². The van der Waals surface area contributed by atoms with E-state index in [1.54, 1.807) is 4.90 Å². The van der Waals surface area contributed by atoms with Gasteiger partial charge in [0.25, 0.3) is 0 Å². The van der Waals surface area contributed by atoms with Crippen LogP contribution in [0.25, 0.3) is 0 Å². The number of amides is 1. The van der Waals surface area contributed by atoms with Gasteiger partial charge in [0, 0.05) is 31.5 Å². The second-order valence-electron chi connectivity index (χ2n) is 7.96. The van der Waals surface area contributed by atoms with Crippen LogP contribution in [0.1, 0.15) is 56.0 Å². The smallest absolute Gasteiger partial charge is 0.410 e. The number of hydrogen-bond donors (Lipinski definition) is 0. The highest BCUT2D eigenvalue weighted by Crippen LogP contribution is 2.28. The molecule has 1 saturated heterocycles. The first-order chi connectivity index (χ1) is 11.8. The molecule has 0 aromatic heterocycles. The lowest BCUT2D eigenvalue weighted by Crippen LogP contribution is -2.42. The normalized spacial score (nSPS) is 17.8. The highest BCUT2D eigenvalue weighted by Gasteiger charge is 2.28. The summed E-state index contributed by atoms with van der Waals surface area (Å²) in [5.41, 5.74) is 1.44. The molecule has 5 nitrogen and oxygen atoms in total. The number of ketones is 1. The first kappa shape index (κ1) is 17.8. The predicted octanol–water partition coefficient (Wildman–Crippen LogP) is 3.84. The van der Waals surface area contributed by atoms with Crippen LogP contribution in [-0.4, -0.2) is 42.1 Å². The fourth-order valence-corrected chi connectivity index (χ4v) is 3.39. The molecule has 0 radical (unpaired) electrons. The van der Waals surface area contributed by atoms with Crippen LogP contribution in [0, 0.1) is 5.92 Å². The van der Waals surface area contributed by atoms with Crippen LogP contribution in [-0.2, 0) is 11.2 Å². The van der Waals surface area contributed by atoms with E-state index in [9.17, 15) is 9.59 Å². The maximum Gasteiger partial charge on any atom is 0.410 e. The third-order valence-corrected chi connectivity index (χ3v) is 4.75. The molecule has 0 N–H and O–H groups in total. The molecular weight excluding hydrogens is 318 g/mol. The Bertz CT molecular complexity index is 654. The molecule has 0 atom stereocenters. The van der Waals surface area contributed by atoms with Gasteiger partial charge >= 0.3 is 6.09 Å². The molecule has 25 heavy (non-hydrogen) atoms. The maximum absolute atomic E-state index is 12.6. The number of likely N-dealkylation sites (tertiary alicyclic amines) is 1. The Morgan fingerprint density at radius 1 is 1.24 bits per heavy atom. The molecule has 1 aromatic carbocycles. The van der Waals surface area contributed by atoms with Crippen LogP contribution < -0.4 is 4.74 Å². The predicted molar refractivity (Wildman–Crippen MR) is 95.1 cm³/mol. The summed E-state index contributed by atoms with van der Waals surface area (Å²) in [6.07, 6.45) is 2.86. The lowest BCUT2D eigenvalue weighted by Gasteiger charge is -2.33. The van der Waals surface area contributed by atoms with Gasteiger partial charge in [-0.3, -0.25) is 4.79 Å². The van der Waals surface area contributed by atoms with Crippen LogP contribution in [0.5, 0.6) is 5.75 Å². The van der Waals surface area contributed by atoms with E-state index in [1.165, 1.54) is 0 Å². The van der Waals surface area contributed by atoms with Crippen molar-refractivity contribution in [1.82, 2.24) is 4.90 Å². The lowest BCUT2D eigenvalue weighted by atomic mass is 9.89. The number of piperidine rings is 1. The van der Waals surface area contributed by atoms with Gasteiger partial charge in [-0.05, 0) is 63.3 Å². The average molecular weight is 345 g/mol. The number of carbonyl (C=O) groups is 2. The minimum atomic E-state index is -0.471. The molecule has 2 aliphatic heterocycles. The molecule has 1 aromatic rings. The Morgan fingerprint density at radius 2 is 1.96 bits per heavy atom. The zero-order valence-electron chi connectivity index (χ0n) is 15.3. The van der Waals surface area contributed by atoms with E-state index in [0.717, 1.165) is 36.1 Å². The lowest BCUT2D eigenvalue weighted by molar-refractivity contribution is 0.0183. The van der Waals surface area contributed by atoms with Crippen molar-refractivity contribution in [1.29, 1.82) is 0 Å². The molecule has 0 aliphatic carbocycles. The Morgan fingerprint density at radius 3 is 2.64 bits per heavy atom. The minimum absolute atomic E-state index is 0.186. The fourth-order valence-electron chi connectivity index (χ4n) is 3.39. The summed E-state index contributed by atoms with van der Waals surface area (Å²) in [5, 5.41) is 0. The Hall–Kier alpha value is -2.04. The van der Waals surface area contributed by atoms with Crippen molar-refractivity contribution < 1.29 is 19.1 Å². The summed E-state index contributed by atoms with van der Waals surface area (Å²) in [6.45, 7) is 7.64. The van der Waals surface area contributed by atoms with Crippen LogP contribution in [0.15, 0.2) is 18.2 Å². The van der Waals surface area contributed by atoms with Gasteiger partial charge in [-0.25, -0.2) is 4.79 Å². The van der Waals surface area contributed by atoms with E-state index in [2.05, 4.69) is 0 Å². The third-order valence-electron chi connectivity index (χ3n) is 4.75. The Labute approximate surface area is 149 Å². The van der Waals surface area contributed by atoms with Gasteiger partial charge in [0.1, 0.15) is 11.4 Å². The van der Waals surface area contributed by atoms with Crippen molar-refractivity contribution in [2.45, 2.75) is 52.1 Å². The zero-order valence-corrected chi connectivity index (χ0v) is 15.3. The number of hydrogen-bond acceptors (Lipinski definition) is 4.